The Morgan fingerprint density at radius 3 is 3.06 bits per heavy atom. The largest absolute Gasteiger partial charge is 0.354 e. The highest BCUT2D eigenvalue weighted by atomic mass is 79.9. The van der Waals surface area contributed by atoms with E-state index in [1.165, 1.54) is 31.2 Å². The van der Waals surface area contributed by atoms with Crippen LogP contribution >= 0.6 is 31.9 Å². The minimum Gasteiger partial charge on any atom is -0.354 e. The molecule has 1 atom stereocenters. The van der Waals surface area contributed by atoms with Crippen molar-refractivity contribution in [2.45, 2.75) is 38.6 Å². The monoisotopic (exact) mass is 360 g/mol. The lowest BCUT2D eigenvalue weighted by Crippen LogP contribution is -2.30. The van der Waals surface area contributed by atoms with Gasteiger partial charge < -0.3 is 4.90 Å². The molecule has 4 heteroatoms. The van der Waals surface area contributed by atoms with Crippen molar-refractivity contribution >= 4 is 37.7 Å². The number of halogens is 2. The number of pyridine rings is 1. The summed E-state index contributed by atoms with van der Waals surface area (Å²) in [4.78, 5) is 7.02. The quantitative estimate of drug-likeness (QED) is 0.743. The molecule has 2 heterocycles. The molecular weight excluding hydrogens is 344 g/mol. The molecule has 0 aliphatic carbocycles. The van der Waals surface area contributed by atoms with E-state index in [0.29, 0.717) is 6.04 Å². The zero-order chi connectivity index (χ0) is 12.3. The van der Waals surface area contributed by atoms with Gasteiger partial charge in [-0.15, -0.1) is 0 Å². The molecule has 0 bridgehead atoms. The number of hydrogen-bond acceptors (Lipinski definition) is 2. The summed E-state index contributed by atoms with van der Waals surface area (Å²) in [6.45, 7) is 3.28. The van der Waals surface area contributed by atoms with Crippen LogP contribution in [0, 0.1) is 6.92 Å². The van der Waals surface area contributed by atoms with E-state index in [1.807, 2.05) is 6.20 Å². The van der Waals surface area contributed by atoms with Crippen molar-refractivity contribution in [1.29, 1.82) is 0 Å². The number of alkyl halides is 1. The molecule has 1 saturated heterocycles. The third kappa shape index (κ3) is 3.22. The van der Waals surface area contributed by atoms with Crippen LogP contribution in [0.3, 0.4) is 0 Å². The fraction of sp³-hybridized carbons (Fsp3) is 0.615. The van der Waals surface area contributed by atoms with E-state index in [-0.39, 0.29) is 0 Å². The van der Waals surface area contributed by atoms with Crippen LogP contribution in [0.15, 0.2) is 16.7 Å². The summed E-state index contributed by atoms with van der Waals surface area (Å²) in [5.41, 5.74) is 1.26. The van der Waals surface area contributed by atoms with Crippen molar-refractivity contribution in [3.63, 3.8) is 0 Å². The first kappa shape index (κ1) is 13.3. The van der Waals surface area contributed by atoms with Gasteiger partial charge in [-0.25, -0.2) is 4.98 Å². The van der Waals surface area contributed by atoms with Gasteiger partial charge in [0.25, 0.3) is 0 Å². The van der Waals surface area contributed by atoms with Crippen LogP contribution in [0.5, 0.6) is 0 Å². The molecule has 0 spiro atoms. The smallest absolute Gasteiger partial charge is 0.129 e. The number of aromatic nitrogens is 1. The summed E-state index contributed by atoms with van der Waals surface area (Å²) in [6.07, 6.45) is 7.04. The van der Waals surface area contributed by atoms with Crippen LogP contribution in [-0.2, 0) is 0 Å². The third-order valence-electron chi connectivity index (χ3n) is 3.37. The van der Waals surface area contributed by atoms with Gasteiger partial charge in [-0.05, 0) is 60.2 Å². The molecule has 1 fully saturated rings. The Hall–Kier alpha value is -0.0900. The lowest BCUT2D eigenvalue weighted by atomic mass is 10.1. The fourth-order valence-corrected chi connectivity index (χ4v) is 2.97. The Bertz CT molecular complexity index is 382. The lowest BCUT2D eigenvalue weighted by molar-refractivity contribution is 0.600. The predicted molar refractivity (Wildman–Crippen MR) is 80.1 cm³/mol. The highest BCUT2D eigenvalue weighted by Gasteiger charge is 2.25. The average Bonchev–Trinajstić information content (AvgIpc) is 2.78. The van der Waals surface area contributed by atoms with Gasteiger partial charge in [0.2, 0.25) is 0 Å². The first-order chi connectivity index (χ1) is 8.22. The fourth-order valence-electron chi connectivity index (χ4n) is 2.43. The zero-order valence-electron chi connectivity index (χ0n) is 10.1. The summed E-state index contributed by atoms with van der Waals surface area (Å²) < 4.78 is 1.09. The molecule has 0 saturated carbocycles. The molecule has 0 amide bonds. The van der Waals surface area contributed by atoms with Gasteiger partial charge in [0, 0.05) is 28.6 Å². The first-order valence-corrected chi connectivity index (χ1v) is 8.08. The van der Waals surface area contributed by atoms with E-state index in [2.05, 4.69) is 54.7 Å². The number of hydrogen-bond donors (Lipinski definition) is 0. The average molecular weight is 362 g/mol. The third-order valence-corrected chi connectivity index (χ3v) is 4.77. The van der Waals surface area contributed by atoms with E-state index < -0.39 is 0 Å². The second kappa shape index (κ2) is 6.19. The molecule has 17 heavy (non-hydrogen) atoms. The Morgan fingerprint density at radius 1 is 1.53 bits per heavy atom. The summed E-state index contributed by atoms with van der Waals surface area (Å²) >= 11 is 7.02. The topological polar surface area (TPSA) is 16.1 Å². The molecule has 1 unspecified atom stereocenters. The van der Waals surface area contributed by atoms with E-state index >= 15 is 0 Å². The Kier molecular flexibility index (Phi) is 4.86. The normalized spacial score (nSPS) is 19.9. The summed E-state index contributed by atoms with van der Waals surface area (Å²) in [7, 11) is 0. The van der Waals surface area contributed by atoms with Crippen molar-refractivity contribution < 1.29 is 0 Å². The van der Waals surface area contributed by atoms with Crippen LogP contribution in [-0.4, -0.2) is 22.9 Å². The van der Waals surface area contributed by atoms with Crippen LogP contribution in [0.2, 0.25) is 0 Å². The molecule has 1 aliphatic rings. The van der Waals surface area contributed by atoms with Crippen molar-refractivity contribution in [2.24, 2.45) is 0 Å². The molecule has 2 nitrogen and oxygen atoms in total. The van der Waals surface area contributed by atoms with Gasteiger partial charge in [0.15, 0.2) is 0 Å². The maximum absolute atomic E-state index is 4.55. The van der Waals surface area contributed by atoms with Crippen LogP contribution < -0.4 is 4.90 Å². The van der Waals surface area contributed by atoms with Gasteiger partial charge in [0.05, 0.1) is 0 Å². The molecular formula is C13H18Br2N2. The van der Waals surface area contributed by atoms with Crippen LogP contribution in [0.1, 0.15) is 31.2 Å². The second-order valence-corrected chi connectivity index (χ2v) is 6.26. The van der Waals surface area contributed by atoms with E-state index in [0.717, 1.165) is 22.2 Å². The minimum absolute atomic E-state index is 0.681. The maximum atomic E-state index is 4.55. The van der Waals surface area contributed by atoms with Gasteiger partial charge in [-0.1, -0.05) is 15.9 Å². The van der Waals surface area contributed by atoms with Gasteiger partial charge >= 0.3 is 0 Å². The van der Waals surface area contributed by atoms with Crippen molar-refractivity contribution in [1.82, 2.24) is 4.98 Å². The highest BCUT2D eigenvalue weighted by Crippen LogP contribution is 2.28. The summed E-state index contributed by atoms with van der Waals surface area (Å²) in [5.74, 6) is 1.14. The number of aryl methyl sites for hydroxylation is 1. The van der Waals surface area contributed by atoms with Crippen molar-refractivity contribution in [3.8, 4) is 0 Å². The van der Waals surface area contributed by atoms with E-state index in [9.17, 15) is 0 Å². The molecule has 0 aromatic carbocycles. The number of rotatable bonds is 4. The highest BCUT2D eigenvalue weighted by molar-refractivity contribution is 9.10. The molecule has 1 aliphatic heterocycles. The van der Waals surface area contributed by atoms with Gasteiger partial charge in [-0.3, -0.25) is 0 Å². The van der Waals surface area contributed by atoms with Crippen molar-refractivity contribution in [2.75, 3.05) is 16.8 Å². The van der Waals surface area contributed by atoms with Crippen LogP contribution in [0.4, 0.5) is 5.82 Å². The summed E-state index contributed by atoms with van der Waals surface area (Å²) in [6, 6.07) is 2.87. The first-order valence-electron chi connectivity index (χ1n) is 6.17. The zero-order valence-corrected chi connectivity index (χ0v) is 13.3. The van der Waals surface area contributed by atoms with Crippen molar-refractivity contribution in [3.05, 3.63) is 22.3 Å². The minimum atomic E-state index is 0.681. The molecule has 94 valence electrons. The SMILES string of the molecule is Cc1cc(N2CCCC2CCCBr)ncc1Br. The predicted octanol–water partition coefficient (Wildman–Crippen LogP) is 4.30. The Morgan fingerprint density at radius 2 is 2.35 bits per heavy atom. The van der Waals surface area contributed by atoms with E-state index in [4.69, 9.17) is 0 Å². The van der Waals surface area contributed by atoms with E-state index in [1.54, 1.807) is 0 Å². The van der Waals surface area contributed by atoms with Gasteiger partial charge in [0.1, 0.15) is 5.82 Å². The Balaban J connectivity index is 2.11. The standard InChI is InChI=1S/C13H18Br2N2/c1-10-8-13(16-9-12(10)15)17-7-3-5-11(17)4-2-6-14/h8-9,11H,2-7H2,1H3. The molecule has 1 aromatic rings. The van der Waals surface area contributed by atoms with Crippen LogP contribution in [0.25, 0.3) is 0 Å². The maximum Gasteiger partial charge on any atom is 0.129 e. The summed E-state index contributed by atoms with van der Waals surface area (Å²) in [5, 5.41) is 1.10. The molecule has 2 rings (SSSR count). The number of nitrogens with zero attached hydrogens (tertiary/aromatic N) is 2. The molecule has 0 N–H and O–H groups in total. The molecule has 0 radical (unpaired) electrons. The Labute approximate surface area is 120 Å². The molecule has 1 aromatic heterocycles. The number of anilines is 1. The van der Waals surface area contributed by atoms with Gasteiger partial charge in [-0.2, -0.15) is 0 Å². The lowest BCUT2D eigenvalue weighted by Gasteiger charge is -2.26. The second-order valence-electron chi connectivity index (χ2n) is 4.61.